The van der Waals surface area contributed by atoms with Gasteiger partial charge in [0.2, 0.25) is 15.9 Å². The number of sulfonamides is 1. The van der Waals surface area contributed by atoms with Gasteiger partial charge in [0, 0.05) is 38.6 Å². The van der Waals surface area contributed by atoms with Crippen LogP contribution in [0.5, 0.6) is 0 Å². The molecule has 1 saturated heterocycles. The summed E-state index contributed by atoms with van der Waals surface area (Å²) in [4.78, 5) is 14.1. The first-order valence-corrected chi connectivity index (χ1v) is 9.26. The van der Waals surface area contributed by atoms with Crippen molar-refractivity contribution in [2.45, 2.75) is 18.9 Å². The number of carbonyl (C=O) groups excluding carboxylic acids is 1. The molecule has 7 heteroatoms. The molecule has 22 heavy (non-hydrogen) atoms. The van der Waals surface area contributed by atoms with Crippen molar-refractivity contribution in [1.29, 1.82) is 0 Å². The number of carbonyl (C=O) groups is 1. The average Bonchev–Trinajstić information content (AvgIpc) is 2.73. The van der Waals surface area contributed by atoms with Crippen LogP contribution >= 0.6 is 0 Å². The van der Waals surface area contributed by atoms with Crippen molar-refractivity contribution in [2.75, 3.05) is 32.4 Å². The molecular weight excluding hydrogens is 302 g/mol. The van der Waals surface area contributed by atoms with Crippen LogP contribution in [-0.2, 0) is 14.8 Å². The molecular formula is C15H23N3O3S. The molecule has 1 unspecified atom stereocenters. The summed E-state index contributed by atoms with van der Waals surface area (Å²) in [7, 11) is -3.19. The van der Waals surface area contributed by atoms with Gasteiger partial charge in [0.25, 0.3) is 0 Å². The molecule has 6 nitrogen and oxygen atoms in total. The van der Waals surface area contributed by atoms with Gasteiger partial charge < -0.3 is 10.6 Å². The zero-order valence-corrected chi connectivity index (χ0v) is 13.6. The van der Waals surface area contributed by atoms with E-state index in [1.54, 1.807) is 4.90 Å². The van der Waals surface area contributed by atoms with E-state index in [4.69, 9.17) is 5.73 Å². The van der Waals surface area contributed by atoms with Crippen LogP contribution < -0.4 is 5.73 Å². The summed E-state index contributed by atoms with van der Waals surface area (Å²) in [6.07, 6.45) is 2.10. The Morgan fingerprint density at radius 2 is 1.86 bits per heavy atom. The maximum Gasteiger partial charge on any atom is 0.224 e. The lowest BCUT2D eigenvalue weighted by atomic mass is 10.0. The van der Waals surface area contributed by atoms with Crippen molar-refractivity contribution in [3.63, 3.8) is 0 Å². The minimum absolute atomic E-state index is 0.0216. The fourth-order valence-electron chi connectivity index (χ4n) is 2.61. The van der Waals surface area contributed by atoms with E-state index in [9.17, 15) is 13.2 Å². The van der Waals surface area contributed by atoms with Crippen molar-refractivity contribution < 1.29 is 13.2 Å². The van der Waals surface area contributed by atoms with Crippen molar-refractivity contribution >= 4 is 15.9 Å². The molecule has 1 fully saturated rings. The summed E-state index contributed by atoms with van der Waals surface area (Å²) in [6, 6.07) is 9.19. The minimum atomic E-state index is -3.19. The lowest BCUT2D eigenvalue weighted by Gasteiger charge is -2.23. The highest BCUT2D eigenvalue weighted by Crippen LogP contribution is 2.16. The summed E-state index contributed by atoms with van der Waals surface area (Å²) >= 11 is 0. The van der Waals surface area contributed by atoms with E-state index < -0.39 is 10.0 Å². The number of benzene rings is 1. The van der Waals surface area contributed by atoms with E-state index in [-0.39, 0.29) is 18.4 Å². The number of nitrogens with two attached hydrogens (primary N) is 1. The molecule has 0 aliphatic carbocycles. The maximum atomic E-state index is 12.4. The van der Waals surface area contributed by atoms with Crippen LogP contribution in [0.1, 0.15) is 24.4 Å². The Hall–Kier alpha value is -1.44. The Morgan fingerprint density at radius 3 is 2.50 bits per heavy atom. The highest BCUT2D eigenvalue weighted by molar-refractivity contribution is 7.88. The van der Waals surface area contributed by atoms with E-state index in [0.717, 1.165) is 5.56 Å². The van der Waals surface area contributed by atoms with E-state index in [0.29, 0.717) is 32.6 Å². The first-order valence-electron chi connectivity index (χ1n) is 7.41. The van der Waals surface area contributed by atoms with Crippen molar-refractivity contribution in [2.24, 2.45) is 5.73 Å². The predicted molar refractivity (Wildman–Crippen MR) is 85.6 cm³/mol. The Bertz CT molecular complexity index is 604. The molecule has 1 atom stereocenters. The third-order valence-electron chi connectivity index (χ3n) is 3.90. The van der Waals surface area contributed by atoms with Crippen LogP contribution in [0.3, 0.4) is 0 Å². The Kier molecular flexibility index (Phi) is 5.55. The second kappa shape index (κ2) is 7.21. The van der Waals surface area contributed by atoms with Crippen LogP contribution in [0.15, 0.2) is 30.3 Å². The summed E-state index contributed by atoms with van der Waals surface area (Å²) in [6.45, 7) is 1.82. The van der Waals surface area contributed by atoms with E-state index in [1.807, 2.05) is 30.3 Å². The standard InChI is InChI=1S/C15H23N3O3S/c1-22(20,21)18-9-5-8-17(10-11-18)15(19)12-14(16)13-6-3-2-4-7-13/h2-4,6-7,14H,5,8-12,16H2,1H3. The topological polar surface area (TPSA) is 83.7 Å². The Balaban J connectivity index is 1.93. The van der Waals surface area contributed by atoms with Crippen LogP contribution in [0.25, 0.3) is 0 Å². The molecule has 0 bridgehead atoms. The molecule has 122 valence electrons. The van der Waals surface area contributed by atoms with Crippen molar-refractivity contribution in [3.05, 3.63) is 35.9 Å². The van der Waals surface area contributed by atoms with Crippen LogP contribution in [-0.4, -0.2) is 56.0 Å². The molecule has 1 amide bonds. The lowest BCUT2D eigenvalue weighted by molar-refractivity contribution is -0.131. The monoisotopic (exact) mass is 325 g/mol. The number of hydrogen-bond acceptors (Lipinski definition) is 4. The Morgan fingerprint density at radius 1 is 1.18 bits per heavy atom. The van der Waals surface area contributed by atoms with Crippen molar-refractivity contribution in [1.82, 2.24) is 9.21 Å². The van der Waals surface area contributed by atoms with Gasteiger partial charge in [-0.15, -0.1) is 0 Å². The quantitative estimate of drug-likeness (QED) is 0.877. The SMILES string of the molecule is CS(=O)(=O)N1CCCN(C(=O)CC(N)c2ccccc2)CC1. The molecule has 2 N–H and O–H groups in total. The number of hydrogen-bond donors (Lipinski definition) is 1. The van der Waals surface area contributed by atoms with Gasteiger partial charge in [0.1, 0.15) is 0 Å². The van der Waals surface area contributed by atoms with E-state index in [2.05, 4.69) is 0 Å². The number of amides is 1. The molecule has 0 saturated carbocycles. The second-order valence-corrected chi connectivity index (χ2v) is 7.60. The molecule has 0 spiro atoms. The highest BCUT2D eigenvalue weighted by Gasteiger charge is 2.24. The first-order chi connectivity index (χ1) is 10.4. The Labute approximate surface area is 131 Å². The fourth-order valence-corrected chi connectivity index (χ4v) is 3.48. The zero-order chi connectivity index (χ0) is 16.2. The lowest BCUT2D eigenvalue weighted by Crippen LogP contribution is -2.37. The number of nitrogens with zero attached hydrogens (tertiary/aromatic N) is 2. The van der Waals surface area contributed by atoms with Crippen LogP contribution in [0.2, 0.25) is 0 Å². The summed E-state index contributed by atoms with van der Waals surface area (Å²) < 4.78 is 24.6. The van der Waals surface area contributed by atoms with Crippen LogP contribution in [0.4, 0.5) is 0 Å². The molecule has 0 radical (unpaired) electrons. The van der Waals surface area contributed by atoms with Gasteiger partial charge in [-0.3, -0.25) is 4.79 Å². The molecule has 0 aromatic heterocycles. The van der Waals surface area contributed by atoms with Gasteiger partial charge in [-0.2, -0.15) is 0 Å². The van der Waals surface area contributed by atoms with Crippen molar-refractivity contribution in [3.8, 4) is 0 Å². The van der Waals surface area contributed by atoms with Gasteiger partial charge in [-0.05, 0) is 12.0 Å². The average molecular weight is 325 g/mol. The molecule has 2 rings (SSSR count). The van der Waals surface area contributed by atoms with Gasteiger partial charge in [-0.1, -0.05) is 30.3 Å². The van der Waals surface area contributed by atoms with Gasteiger partial charge in [0.05, 0.1) is 6.26 Å². The predicted octanol–water partition coefficient (Wildman–Crippen LogP) is 0.570. The highest BCUT2D eigenvalue weighted by atomic mass is 32.2. The zero-order valence-electron chi connectivity index (χ0n) is 12.8. The fraction of sp³-hybridized carbons (Fsp3) is 0.533. The van der Waals surface area contributed by atoms with Gasteiger partial charge >= 0.3 is 0 Å². The molecule has 1 heterocycles. The van der Waals surface area contributed by atoms with Gasteiger partial charge in [-0.25, -0.2) is 12.7 Å². The first kappa shape index (κ1) is 16.9. The third-order valence-corrected chi connectivity index (χ3v) is 5.20. The number of rotatable bonds is 4. The van der Waals surface area contributed by atoms with Crippen LogP contribution in [0, 0.1) is 0 Å². The van der Waals surface area contributed by atoms with E-state index in [1.165, 1.54) is 10.6 Å². The van der Waals surface area contributed by atoms with E-state index >= 15 is 0 Å². The minimum Gasteiger partial charge on any atom is -0.341 e. The summed E-state index contributed by atoms with van der Waals surface area (Å²) in [5, 5.41) is 0. The summed E-state index contributed by atoms with van der Waals surface area (Å²) in [5.41, 5.74) is 7.02. The second-order valence-electron chi connectivity index (χ2n) is 5.62. The smallest absolute Gasteiger partial charge is 0.224 e. The largest absolute Gasteiger partial charge is 0.341 e. The maximum absolute atomic E-state index is 12.4. The summed E-state index contributed by atoms with van der Waals surface area (Å²) in [5.74, 6) is -0.0216. The molecule has 1 aliphatic heterocycles. The third kappa shape index (κ3) is 4.53. The van der Waals surface area contributed by atoms with Gasteiger partial charge in [0.15, 0.2) is 0 Å². The normalized spacial score (nSPS) is 18.7. The molecule has 1 aliphatic rings. The molecule has 1 aromatic carbocycles. The molecule has 1 aromatic rings.